The van der Waals surface area contributed by atoms with Crippen LogP contribution in [-0.2, 0) is 4.79 Å². The molecule has 1 N–H and O–H groups in total. The summed E-state index contributed by atoms with van der Waals surface area (Å²) in [5.74, 6) is 1.55. The first-order valence-corrected chi connectivity index (χ1v) is 11.1. The van der Waals surface area contributed by atoms with Gasteiger partial charge in [0.2, 0.25) is 5.75 Å². The molecule has 3 aromatic rings. The quantitative estimate of drug-likeness (QED) is 0.576. The maximum atomic E-state index is 13.6. The number of allylic oxidation sites excluding steroid dienone is 2. The van der Waals surface area contributed by atoms with Crippen molar-refractivity contribution < 1.29 is 19.0 Å². The molecule has 1 atom stereocenters. The molecule has 0 saturated carbocycles. The molecule has 0 bridgehead atoms. The Balaban J connectivity index is 1.83. The second kappa shape index (κ2) is 7.80. The van der Waals surface area contributed by atoms with E-state index in [2.05, 4.69) is 36.3 Å². The fraction of sp³-hybridized carbons (Fsp3) is 0.333. The normalized spacial score (nSPS) is 18.9. The number of anilines is 1. The Morgan fingerprint density at radius 1 is 1.00 bits per heavy atom. The van der Waals surface area contributed by atoms with Crippen LogP contribution in [0.1, 0.15) is 43.7 Å². The third-order valence-electron chi connectivity index (χ3n) is 6.63. The zero-order chi connectivity index (χ0) is 23.3. The zero-order valence-electron chi connectivity index (χ0n) is 19.6. The van der Waals surface area contributed by atoms with Crippen LogP contribution in [0, 0.1) is 5.41 Å². The Morgan fingerprint density at radius 3 is 2.39 bits per heavy atom. The number of hydrogen-bond acceptors (Lipinski definition) is 6. The fourth-order valence-corrected chi connectivity index (χ4v) is 5.28. The summed E-state index contributed by atoms with van der Waals surface area (Å²) in [6.07, 6.45) is 3.10. The highest BCUT2D eigenvalue weighted by molar-refractivity contribution is 6.04. The van der Waals surface area contributed by atoms with E-state index in [0.717, 1.165) is 45.4 Å². The first-order chi connectivity index (χ1) is 15.9. The molecule has 0 spiro atoms. The molecule has 0 radical (unpaired) electrons. The molecule has 2 aliphatic rings. The number of nitrogens with zero attached hydrogens (tertiary/aromatic N) is 1. The standard InChI is InChI=1S/C27H28N2O4/c1-27(2)13-19-25(20(30)14-27)23(15-11-21(31-3)26(33-5)22(12-15)32-4)24-16-7-6-10-28-17(16)8-9-18(24)29-19/h6-12,23,29H,13-14H2,1-5H3. The third kappa shape index (κ3) is 3.41. The summed E-state index contributed by atoms with van der Waals surface area (Å²) in [5, 5.41) is 4.62. The molecule has 1 aliphatic carbocycles. The van der Waals surface area contributed by atoms with Crippen LogP contribution in [0.3, 0.4) is 0 Å². The summed E-state index contributed by atoms with van der Waals surface area (Å²) in [7, 11) is 4.80. The highest BCUT2D eigenvalue weighted by atomic mass is 16.5. The zero-order valence-corrected chi connectivity index (χ0v) is 19.6. The number of carbonyl (C=O) groups excluding carboxylic acids is 1. The van der Waals surface area contributed by atoms with Crippen LogP contribution in [0.15, 0.2) is 53.9 Å². The summed E-state index contributed by atoms with van der Waals surface area (Å²) in [6, 6.07) is 12.0. The minimum atomic E-state index is -0.276. The average molecular weight is 445 g/mol. The van der Waals surface area contributed by atoms with Gasteiger partial charge in [0.1, 0.15) is 0 Å². The first-order valence-electron chi connectivity index (χ1n) is 11.1. The van der Waals surface area contributed by atoms with E-state index in [1.165, 1.54) is 0 Å². The van der Waals surface area contributed by atoms with Crippen molar-refractivity contribution in [3.63, 3.8) is 0 Å². The number of aromatic nitrogens is 1. The Labute approximate surface area is 193 Å². The van der Waals surface area contributed by atoms with Crippen LogP contribution in [0.5, 0.6) is 17.2 Å². The average Bonchev–Trinajstić information content (AvgIpc) is 2.80. The van der Waals surface area contributed by atoms with Crippen LogP contribution in [0.25, 0.3) is 10.9 Å². The van der Waals surface area contributed by atoms with Crippen molar-refractivity contribution in [1.29, 1.82) is 0 Å². The van der Waals surface area contributed by atoms with E-state index < -0.39 is 0 Å². The van der Waals surface area contributed by atoms with E-state index >= 15 is 0 Å². The van der Waals surface area contributed by atoms with Gasteiger partial charge in [0, 0.05) is 40.9 Å². The molecule has 170 valence electrons. The molecule has 2 heterocycles. The van der Waals surface area contributed by atoms with Crippen molar-refractivity contribution in [2.24, 2.45) is 5.41 Å². The van der Waals surface area contributed by atoms with Crippen LogP contribution >= 0.6 is 0 Å². The van der Waals surface area contributed by atoms with Gasteiger partial charge in [-0.2, -0.15) is 0 Å². The number of fused-ring (bicyclic) bond motifs is 3. The molecule has 0 saturated heterocycles. The van der Waals surface area contributed by atoms with Crippen molar-refractivity contribution in [1.82, 2.24) is 4.98 Å². The molecule has 6 nitrogen and oxygen atoms in total. The first kappa shape index (κ1) is 21.3. The Kier molecular flexibility index (Phi) is 5.04. The number of carbonyl (C=O) groups is 1. The maximum absolute atomic E-state index is 13.6. The molecule has 0 amide bonds. The topological polar surface area (TPSA) is 69.7 Å². The molecule has 2 aromatic carbocycles. The molecule has 1 aliphatic heterocycles. The molecule has 1 unspecified atom stereocenters. The second-order valence-corrected chi connectivity index (χ2v) is 9.45. The SMILES string of the molecule is COc1cc(C2C3=C(CC(C)(C)CC3=O)Nc3ccc4ncccc4c32)cc(OC)c1OC. The van der Waals surface area contributed by atoms with Gasteiger partial charge in [-0.25, -0.2) is 0 Å². The summed E-state index contributed by atoms with van der Waals surface area (Å²) >= 11 is 0. The van der Waals surface area contributed by atoms with Gasteiger partial charge < -0.3 is 19.5 Å². The number of ether oxygens (including phenoxy) is 3. The molecule has 0 fully saturated rings. The molecular formula is C27H28N2O4. The van der Waals surface area contributed by atoms with Crippen LogP contribution < -0.4 is 19.5 Å². The number of nitrogens with one attached hydrogen (secondary N) is 1. The van der Waals surface area contributed by atoms with Crippen molar-refractivity contribution >= 4 is 22.4 Å². The predicted octanol–water partition coefficient (Wildman–Crippen LogP) is 5.46. The van der Waals surface area contributed by atoms with Gasteiger partial charge in [-0.1, -0.05) is 19.9 Å². The predicted molar refractivity (Wildman–Crippen MR) is 128 cm³/mol. The van der Waals surface area contributed by atoms with Crippen LogP contribution in [0.4, 0.5) is 5.69 Å². The number of pyridine rings is 1. The highest BCUT2D eigenvalue weighted by Crippen LogP contribution is 2.52. The van der Waals surface area contributed by atoms with E-state index in [4.69, 9.17) is 14.2 Å². The summed E-state index contributed by atoms with van der Waals surface area (Å²) in [4.78, 5) is 18.2. The Hall–Kier alpha value is -3.54. The van der Waals surface area contributed by atoms with Gasteiger partial charge in [0.15, 0.2) is 17.3 Å². The molecule has 33 heavy (non-hydrogen) atoms. The molecule has 1 aromatic heterocycles. The lowest BCUT2D eigenvalue weighted by Crippen LogP contribution is -2.34. The lowest BCUT2D eigenvalue weighted by atomic mass is 9.68. The van der Waals surface area contributed by atoms with Gasteiger partial charge in [-0.15, -0.1) is 0 Å². The summed E-state index contributed by atoms with van der Waals surface area (Å²) in [6.45, 7) is 4.29. The van der Waals surface area contributed by atoms with Crippen LogP contribution in [0.2, 0.25) is 0 Å². The van der Waals surface area contributed by atoms with E-state index in [-0.39, 0.29) is 17.1 Å². The Morgan fingerprint density at radius 2 is 1.73 bits per heavy atom. The van der Waals surface area contributed by atoms with Crippen molar-refractivity contribution in [3.05, 3.63) is 65.0 Å². The van der Waals surface area contributed by atoms with E-state index in [1.54, 1.807) is 27.5 Å². The monoisotopic (exact) mass is 444 g/mol. The lowest BCUT2D eigenvalue weighted by Gasteiger charge is -2.40. The number of benzene rings is 2. The minimum absolute atomic E-state index is 0.0985. The minimum Gasteiger partial charge on any atom is -0.493 e. The highest BCUT2D eigenvalue weighted by Gasteiger charge is 2.41. The number of rotatable bonds is 4. The molecule has 6 heteroatoms. The third-order valence-corrected chi connectivity index (χ3v) is 6.63. The number of hydrogen-bond donors (Lipinski definition) is 1. The molecule has 5 rings (SSSR count). The lowest BCUT2D eigenvalue weighted by molar-refractivity contribution is -0.118. The fourth-order valence-electron chi connectivity index (χ4n) is 5.28. The largest absolute Gasteiger partial charge is 0.493 e. The maximum Gasteiger partial charge on any atom is 0.203 e. The molecular weight excluding hydrogens is 416 g/mol. The smallest absolute Gasteiger partial charge is 0.203 e. The van der Waals surface area contributed by atoms with Crippen molar-refractivity contribution in [2.75, 3.05) is 26.6 Å². The van der Waals surface area contributed by atoms with Gasteiger partial charge >= 0.3 is 0 Å². The summed E-state index contributed by atoms with van der Waals surface area (Å²) < 4.78 is 16.8. The number of ketones is 1. The van der Waals surface area contributed by atoms with Gasteiger partial charge in [-0.05, 0) is 53.3 Å². The second-order valence-electron chi connectivity index (χ2n) is 9.45. The Bertz CT molecular complexity index is 1280. The number of methoxy groups -OCH3 is 3. The van der Waals surface area contributed by atoms with Crippen LogP contribution in [-0.4, -0.2) is 32.1 Å². The van der Waals surface area contributed by atoms with E-state index in [1.807, 2.05) is 24.3 Å². The van der Waals surface area contributed by atoms with E-state index in [9.17, 15) is 4.79 Å². The van der Waals surface area contributed by atoms with Gasteiger partial charge in [0.25, 0.3) is 0 Å². The van der Waals surface area contributed by atoms with Crippen molar-refractivity contribution in [3.8, 4) is 17.2 Å². The number of Topliss-reactive ketones (excluding diaryl/α,β-unsaturated/α-hetero) is 1. The van der Waals surface area contributed by atoms with Crippen molar-refractivity contribution in [2.45, 2.75) is 32.6 Å². The van der Waals surface area contributed by atoms with E-state index in [0.29, 0.717) is 23.7 Å². The van der Waals surface area contributed by atoms with Gasteiger partial charge in [-0.3, -0.25) is 9.78 Å². The van der Waals surface area contributed by atoms with Gasteiger partial charge in [0.05, 0.1) is 26.8 Å². The summed E-state index contributed by atoms with van der Waals surface area (Å²) in [5.41, 5.74) is 5.56.